The monoisotopic (exact) mass is 259 g/mol. The highest BCUT2D eigenvalue weighted by molar-refractivity contribution is 5.40. The Bertz CT molecular complexity index is 527. The molecule has 1 aliphatic rings. The van der Waals surface area contributed by atoms with Crippen LogP contribution >= 0.6 is 0 Å². The lowest BCUT2D eigenvalue weighted by molar-refractivity contribution is 0.208. The number of aliphatic hydroxyl groups is 1. The molecule has 1 aromatic carbocycles. The Morgan fingerprint density at radius 1 is 1.26 bits per heavy atom. The van der Waals surface area contributed by atoms with Gasteiger partial charge in [-0.3, -0.25) is 0 Å². The highest BCUT2D eigenvalue weighted by Gasteiger charge is 2.23. The van der Waals surface area contributed by atoms with E-state index >= 15 is 0 Å². The first-order valence-corrected chi connectivity index (χ1v) is 6.58. The lowest BCUT2D eigenvalue weighted by Crippen LogP contribution is -2.38. The number of aliphatic hydroxyl groups excluding tert-OH is 1. The van der Waals surface area contributed by atoms with Crippen LogP contribution in [0.1, 0.15) is 12.8 Å². The van der Waals surface area contributed by atoms with Crippen molar-refractivity contribution in [1.82, 2.24) is 20.2 Å². The quantitative estimate of drug-likeness (QED) is 0.886. The van der Waals surface area contributed by atoms with Crippen molar-refractivity contribution < 1.29 is 5.11 Å². The molecule has 0 bridgehead atoms. The fourth-order valence-corrected chi connectivity index (χ4v) is 2.51. The maximum atomic E-state index is 9.31. The van der Waals surface area contributed by atoms with Crippen LogP contribution in [0.15, 0.2) is 30.3 Å². The van der Waals surface area contributed by atoms with E-state index < -0.39 is 0 Å². The molecule has 2 aromatic rings. The molecule has 100 valence electrons. The largest absolute Gasteiger partial charge is 0.396 e. The van der Waals surface area contributed by atoms with Crippen molar-refractivity contribution in [2.24, 2.45) is 5.92 Å². The molecular formula is C13H17N5O. The Labute approximate surface area is 111 Å². The van der Waals surface area contributed by atoms with Crippen LogP contribution in [-0.2, 0) is 0 Å². The fourth-order valence-electron chi connectivity index (χ4n) is 2.51. The zero-order valence-corrected chi connectivity index (χ0v) is 10.7. The SMILES string of the molecule is OCC1CCCN(c2nnnn2-c2ccccc2)C1. The molecule has 0 radical (unpaired) electrons. The Morgan fingerprint density at radius 2 is 2.11 bits per heavy atom. The van der Waals surface area contributed by atoms with Crippen LogP contribution in [0.25, 0.3) is 5.69 Å². The molecule has 1 aliphatic heterocycles. The predicted octanol–water partition coefficient (Wildman–Crippen LogP) is 0.871. The van der Waals surface area contributed by atoms with Gasteiger partial charge in [0.2, 0.25) is 5.95 Å². The van der Waals surface area contributed by atoms with Crippen molar-refractivity contribution in [2.45, 2.75) is 12.8 Å². The first-order valence-electron chi connectivity index (χ1n) is 6.58. The molecule has 2 heterocycles. The smallest absolute Gasteiger partial charge is 0.250 e. The summed E-state index contributed by atoms with van der Waals surface area (Å²) in [6.07, 6.45) is 2.13. The molecule has 19 heavy (non-hydrogen) atoms. The third-order valence-corrected chi connectivity index (χ3v) is 3.51. The molecule has 1 N–H and O–H groups in total. The van der Waals surface area contributed by atoms with Gasteiger partial charge in [0, 0.05) is 19.7 Å². The number of para-hydroxylation sites is 1. The second-order valence-electron chi connectivity index (χ2n) is 4.86. The van der Waals surface area contributed by atoms with Gasteiger partial charge in [-0.15, -0.1) is 0 Å². The second-order valence-corrected chi connectivity index (χ2v) is 4.86. The molecule has 0 aliphatic carbocycles. The van der Waals surface area contributed by atoms with E-state index in [1.807, 2.05) is 30.3 Å². The number of hydrogen-bond donors (Lipinski definition) is 1. The summed E-state index contributed by atoms with van der Waals surface area (Å²) in [5.74, 6) is 1.07. The summed E-state index contributed by atoms with van der Waals surface area (Å²) in [6.45, 7) is 1.97. The maximum Gasteiger partial charge on any atom is 0.250 e. The van der Waals surface area contributed by atoms with E-state index in [1.165, 1.54) is 0 Å². The van der Waals surface area contributed by atoms with Crippen LogP contribution in [0.4, 0.5) is 5.95 Å². The highest BCUT2D eigenvalue weighted by Crippen LogP contribution is 2.22. The van der Waals surface area contributed by atoms with Gasteiger partial charge in [0.05, 0.1) is 5.69 Å². The van der Waals surface area contributed by atoms with Crippen LogP contribution in [0.3, 0.4) is 0 Å². The van der Waals surface area contributed by atoms with Crippen LogP contribution in [0, 0.1) is 5.92 Å². The van der Waals surface area contributed by atoms with E-state index in [4.69, 9.17) is 0 Å². The molecule has 6 heteroatoms. The van der Waals surface area contributed by atoms with Gasteiger partial charge in [-0.1, -0.05) is 23.3 Å². The van der Waals surface area contributed by atoms with E-state index in [0.29, 0.717) is 5.92 Å². The number of rotatable bonds is 3. The van der Waals surface area contributed by atoms with Gasteiger partial charge in [0.25, 0.3) is 0 Å². The summed E-state index contributed by atoms with van der Waals surface area (Å²) >= 11 is 0. The first-order chi connectivity index (χ1) is 9.38. The molecule has 1 atom stereocenters. The maximum absolute atomic E-state index is 9.31. The zero-order valence-electron chi connectivity index (χ0n) is 10.7. The Hall–Kier alpha value is -1.95. The molecule has 3 rings (SSSR count). The van der Waals surface area contributed by atoms with E-state index in [0.717, 1.165) is 37.6 Å². The Kier molecular flexibility index (Phi) is 3.41. The van der Waals surface area contributed by atoms with Gasteiger partial charge in [0.1, 0.15) is 0 Å². The fraction of sp³-hybridized carbons (Fsp3) is 0.462. The van der Waals surface area contributed by atoms with E-state index in [2.05, 4.69) is 20.4 Å². The number of tetrazole rings is 1. The molecule has 1 saturated heterocycles. The number of aromatic nitrogens is 4. The Morgan fingerprint density at radius 3 is 2.89 bits per heavy atom. The van der Waals surface area contributed by atoms with Gasteiger partial charge in [-0.2, -0.15) is 4.68 Å². The normalized spacial score (nSPS) is 19.6. The third kappa shape index (κ3) is 2.44. The summed E-state index contributed by atoms with van der Waals surface area (Å²) in [6, 6.07) is 9.86. The standard InChI is InChI=1S/C13H17N5O/c19-10-11-5-4-8-17(9-11)13-14-15-16-18(13)12-6-2-1-3-7-12/h1-3,6-7,11,19H,4-5,8-10H2. The van der Waals surface area contributed by atoms with Crippen molar-refractivity contribution in [3.63, 3.8) is 0 Å². The average molecular weight is 259 g/mol. The second kappa shape index (κ2) is 5.36. The molecule has 1 fully saturated rings. The number of piperidine rings is 1. The molecule has 0 amide bonds. The minimum atomic E-state index is 0.226. The summed E-state index contributed by atoms with van der Waals surface area (Å²) < 4.78 is 1.75. The summed E-state index contributed by atoms with van der Waals surface area (Å²) in [5, 5.41) is 21.3. The Balaban J connectivity index is 1.88. The van der Waals surface area contributed by atoms with Crippen molar-refractivity contribution >= 4 is 5.95 Å². The number of nitrogens with zero attached hydrogens (tertiary/aromatic N) is 5. The summed E-state index contributed by atoms with van der Waals surface area (Å²) in [5.41, 5.74) is 0.952. The number of anilines is 1. The number of hydrogen-bond acceptors (Lipinski definition) is 5. The minimum absolute atomic E-state index is 0.226. The molecule has 0 spiro atoms. The average Bonchev–Trinajstić information content (AvgIpc) is 2.98. The molecule has 6 nitrogen and oxygen atoms in total. The van der Waals surface area contributed by atoms with Gasteiger partial charge in [-0.05, 0) is 41.3 Å². The minimum Gasteiger partial charge on any atom is -0.396 e. The predicted molar refractivity (Wildman–Crippen MR) is 71.2 cm³/mol. The molecule has 1 aromatic heterocycles. The number of benzene rings is 1. The lowest BCUT2D eigenvalue weighted by atomic mass is 9.99. The van der Waals surface area contributed by atoms with Crippen molar-refractivity contribution in [3.8, 4) is 5.69 Å². The lowest BCUT2D eigenvalue weighted by Gasteiger charge is -2.31. The van der Waals surface area contributed by atoms with E-state index in [1.54, 1.807) is 4.68 Å². The van der Waals surface area contributed by atoms with Gasteiger partial charge in [0.15, 0.2) is 0 Å². The molecular weight excluding hydrogens is 242 g/mol. The van der Waals surface area contributed by atoms with Gasteiger partial charge in [-0.25, -0.2) is 0 Å². The molecule has 1 unspecified atom stereocenters. The van der Waals surface area contributed by atoms with Crippen LogP contribution < -0.4 is 4.90 Å². The summed E-state index contributed by atoms with van der Waals surface area (Å²) in [4.78, 5) is 2.15. The van der Waals surface area contributed by atoms with Gasteiger partial charge >= 0.3 is 0 Å². The van der Waals surface area contributed by atoms with E-state index in [9.17, 15) is 5.11 Å². The van der Waals surface area contributed by atoms with Crippen LogP contribution in [-0.4, -0.2) is 45.0 Å². The topological polar surface area (TPSA) is 67.1 Å². The highest BCUT2D eigenvalue weighted by atomic mass is 16.3. The van der Waals surface area contributed by atoms with Crippen molar-refractivity contribution in [2.75, 3.05) is 24.6 Å². The summed E-state index contributed by atoms with van der Waals surface area (Å²) in [7, 11) is 0. The first kappa shape index (κ1) is 12.1. The van der Waals surface area contributed by atoms with Crippen molar-refractivity contribution in [3.05, 3.63) is 30.3 Å². The third-order valence-electron chi connectivity index (χ3n) is 3.51. The zero-order chi connectivity index (χ0) is 13.1. The van der Waals surface area contributed by atoms with Crippen LogP contribution in [0.2, 0.25) is 0 Å². The van der Waals surface area contributed by atoms with Crippen molar-refractivity contribution in [1.29, 1.82) is 0 Å². The van der Waals surface area contributed by atoms with Gasteiger partial charge < -0.3 is 10.0 Å². The van der Waals surface area contributed by atoms with E-state index in [-0.39, 0.29) is 6.61 Å². The van der Waals surface area contributed by atoms with Crippen LogP contribution in [0.5, 0.6) is 0 Å². The molecule has 0 saturated carbocycles.